The first-order valence-electron chi connectivity index (χ1n) is 11.9. The van der Waals surface area contributed by atoms with E-state index in [4.69, 9.17) is 9.84 Å². The fourth-order valence-electron chi connectivity index (χ4n) is 5.84. The zero-order chi connectivity index (χ0) is 24.7. The normalized spacial score (nSPS) is 20.6. The molecule has 1 aliphatic carbocycles. The summed E-state index contributed by atoms with van der Waals surface area (Å²) in [7, 11) is -1.60. The molecule has 1 aliphatic heterocycles. The maximum absolute atomic E-state index is 13.6. The largest absolute Gasteiger partial charge is 0.511 e. The van der Waals surface area contributed by atoms with E-state index in [1.165, 1.54) is 0 Å². The van der Waals surface area contributed by atoms with Crippen molar-refractivity contribution in [3.8, 4) is 5.75 Å². The van der Waals surface area contributed by atoms with Crippen molar-refractivity contribution in [1.82, 2.24) is 4.98 Å². The molecule has 0 bridgehead atoms. The first kappa shape index (κ1) is 24.5. The molecule has 9 heteroatoms. The van der Waals surface area contributed by atoms with Crippen LogP contribution in [0, 0.1) is 13.8 Å². The van der Waals surface area contributed by atoms with Crippen LogP contribution in [0.1, 0.15) is 54.7 Å². The van der Waals surface area contributed by atoms with Crippen LogP contribution in [0.4, 0.5) is 10.5 Å². The van der Waals surface area contributed by atoms with Crippen molar-refractivity contribution in [1.29, 1.82) is 0 Å². The molecule has 2 aromatic rings. The Balaban J connectivity index is 1.65. The number of hydrogen-bond acceptors (Lipinski definition) is 6. The third-order valence-electron chi connectivity index (χ3n) is 7.57. The molecule has 1 saturated heterocycles. The fourth-order valence-corrected chi connectivity index (χ4v) is 7.67. The molecular weight excluding hydrogens is 454 g/mol. The maximum atomic E-state index is 13.6. The molecular formula is C25H34N3O5S+. The second-order valence-electron chi connectivity index (χ2n) is 9.54. The number of aryl methyl sites for hydroxylation is 3. The van der Waals surface area contributed by atoms with E-state index in [1.807, 2.05) is 27.0 Å². The minimum absolute atomic E-state index is 0.0464. The smallest absolute Gasteiger partial charge is 0.449 e. The van der Waals surface area contributed by atoms with Crippen LogP contribution < -0.4 is 9.64 Å². The summed E-state index contributed by atoms with van der Waals surface area (Å²) in [5.41, 5.74) is 5.05. The zero-order valence-corrected chi connectivity index (χ0v) is 21.1. The van der Waals surface area contributed by atoms with Crippen molar-refractivity contribution in [2.24, 2.45) is 0 Å². The lowest BCUT2D eigenvalue weighted by atomic mass is 9.98. The molecule has 34 heavy (non-hydrogen) atoms. The number of aromatic nitrogens is 1. The average molecular weight is 489 g/mol. The van der Waals surface area contributed by atoms with E-state index in [0.717, 1.165) is 60.6 Å². The third-order valence-corrected chi connectivity index (χ3v) is 10.1. The summed E-state index contributed by atoms with van der Waals surface area (Å²) in [6.07, 6.45) is 1.63. The molecule has 2 atom stereocenters. The van der Waals surface area contributed by atoms with Gasteiger partial charge in [0, 0.05) is 55.0 Å². The Morgan fingerprint density at radius 3 is 2.38 bits per heavy atom. The topological polar surface area (TPSA) is 96.8 Å². The van der Waals surface area contributed by atoms with Crippen molar-refractivity contribution in [3.05, 3.63) is 52.8 Å². The van der Waals surface area contributed by atoms with Crippen molar-refractivity contribution >= 4 is 21.9 Å². The van der Waals surface area contributed by atoms with Gasteiger partial charge >= 0.3 is 6.16 Å². The van der Waals surface area contributed by atoms with Crippen molar-refractivity contribution in [2.45, 2.75) is 58.5 Å². The summed E-state index contributed by atoms with van der Waals surface area (Å²) in [5.74, 6) is 0.292. The molecule has 1 fully saturated rings. The number of hydrogen-bond donors (Lipinski definition) is 1. The highest BCUT2D eigenvalue weighted by atomic mass is 32.2. The van der Waals surface area contributed by atoms with Gasteiger partial charge in [-0.2, -0.15) is 8.42 Å². The minimum atomic E-state index is -3.47. The summed E-state index contributed by atoms with van der Waals surface area (Å²) in [6.45, 7) is 7.25. The van der Waals surface area contributed by atoms with Crippen LogP contribution in [0.2, 0.25) is 0 Å². The van der Waals surface area contributed by atoms with E-state index >= 15 is 0 Å². The van der Waals surface area contributed by atoms with E-state index in [9.17, 15) is 13.2 Å². The van der Waals surface area contributed by atoms with Gasteiger partial charge < -0.3 is 14.7 Å². The van der Waals surface area contributed by atoms with Crippen molar-refractivity contribution in [3.63, 3.8) is 0 Å². The van der Waals surface area contributed by atoms with Crippen LogP contribution in [0.5, 0.6) is 5.75 Å². The van der Waals surface area contributed by atoms with E-state index in [0.29, 0.717) is 6.42 Å². The number of piperidine rings is 1. The number of quaternary nitrogens is 1. The van der Waals surface area contributed by atoms with Gasteiger partial charge in [0.05, 0.1) is 12.8 Å². The predicted molar refractivity (Wildman–Crippen MR) is 131 cm³/mol. The summed E-state index contributed by atoms with van der Waals surface area (Å²) in [4.78, 5) is 17.9. The van der Waals surface area contributed by atoms with E-state index in [1.54, 1.807) is 19.1 Å². The number of ether oxygens (including phenoxy) is 1. The van der Waals surface area contributed by atoms with Crippen LogP contribution in [-0.2, 0) is 16.4 Å². The molecule has 1 N–H and O–H groups in total. The molecule has 0 amide bonds. The Morgan fingerprint density at radius 1 is 1.15 bits per heavy atom. The zero-order valence-electron chi connectivity index (χ0n) is 20.3. The number of pyridine rings is 1. The van der Waals surface area contributed by atoms with Crippen LogP contribution in [-0.4, -0.2) is 60.5 Å². The highest BCUT2D eigenvalue weighted by molar-refractivity contribution is 7.85. The number of carboxylic acid groups (broad SMARTS) is 1. The lowest BCUT2D eigenvalue weighted by molar-refractivity contribution is -0.846. The van der Waals surface area contributed by atoms with Gasteiger partial charge in [0.25, 0.3) is 10.0 Å². The van der Waals surface area contributed by atoms with Gasteiger partial charge in [0.2, 0.25) is 0 Å². The first-order chi connectivity index (χ1) is 16.0. The molecule has 4 rings (SSSR count). The van der Waals surface area contributed by atoms with Gasteiger partial charge in [0.15, 0.2) is 0 Å². The molecule has 2 aliphatic rings. The van der Waals surface area contributed by atoms with Crippen molar-refractivity contribution in [2.75, 3.05) is 30.8 Å². The molecule has 2 unspecified atom stereocenters. The number of rotatable bonds is 6. The second-order valence-corrected chi connectivity index (χ2v) is 12.1. The monoisotopic (exact) mass is 488 g/mol. The standard InChI is InChI=1S/C25H33N3O5S/c1-5-34(31,32)28(4,24-9-7-19-6-8-22(16-23(19)24)33-25(29)30)21-10-12-27(13-11-21)20-14-17(2)26-18(3)15-20/h6,8,14-16,21,24H,5,7,9-13H2,1-4H3/p+1. The number of fused-ring (bicyclic) bond motifs is 1. The van der Waals surface area contributed by atoms with Crippen LogP contribution in [0.15, 0.2) is 30.3 Å². The summed E-state index contributed by atoms with van der Waals surface area (Å²) in [5, 5.41) is 9.03. The Labute approximate surface area is 201 Å². The number of nitrogens with zero attached hydrogens (tertiary/aromatic N) is 3. The summed E-state index contributed by atoms with van der Waals surface area (Å²) >= 11 is 0. The van der Waals surface area contributed by atoms with E-state index in [2.05, 4.69) is 22.0 Å². The minimum Gasteiger partial charge on any atom is -0.449 e. The predicted octanol–water partition coefficient (Wildman–Crippen LogP) is 4.21. The van der Waals surface area contributed by atoms with Crippen LogP contribution in [0.25, 0.3) is 0 Å². The SMILES string of the molecule is CCS(=O)(=O)[N+](C)(C1CCN(c2cc(C)nc(C)c2)CC1)C1CCc2ccc(OC(=O)O)cc21. The third kappa shape index (κ3) is 4.38. The summed E-state index contributed by atoms with van der Waals surface area (Å²) in [6, 6.07) is 9.10. The highest BCUT2D eigenvalue weighted by Crippen LogP contribution is 2.46. The molecule has 8 nitrogen and oxygen atoms in total. The van der Waals surface area contributed by atoms with Gasteiger partial charge in [-0.05, 0) is 57.0 Å². The fraction of sp³-hybridized carbons (Fsp3) is 0.520. The molecule has 0 saturated carbocycles. The van der Waals surface area contributed by atoms with Gasteiger partial charge in [-0.25, -0.2) is 8.68 Å². The van der Waals surface area contributed by atoms with Crippen LogP contribution >= 0.6 is 0 Å². The number of carbonyl (C=O) groups is 1. The Hall–Kier alpha value is -2.65. The first-order valence-corrected chi connectivity index (χ1v) is 13.5. The van der Waals surface area contributed by atoms with Crippen molar-refractivity contribution < 1.29 is 26.9 Å². The molecule has 1 aromatic carbocycles. The molecule has 0 spiro atoms. The van der Waals surface area contributed by atoms with Gasteiger partial charge in [-0.15, -0.1) is 0 Å². The van der Waals surface area contributed by atoms with E-state index < -0.39 is 16.2 Å². The Morgan fingerprint density at radius 2 is 1.79 bits per heavy atom. The Kier molecular flexibility index (Phi) is 6.61. The molecule has 2 heterocycles. The number of anilines is 1. The van der Waals surface area contributed by atoms with Gasteiger partial charge in [0.1, 0.15) is 17.8 Å². The highest BCUT2D eigenvalue weighted by Gasteiger charge is 2.52. The van der Waals surface area contributed by atoms with Crippen LogP contribution in [0.3, 0.4) is 0 Å². The average Bonchev–Trinajstić information content (AvgIpc) is 3.21. The second kappa shape index (κ2) is 9.19. The number of sulfonamides is 1. The molecule has 184 valence electrons. The van der Waals surface area contributed by atoms with Gasteiger partial charge in [-0.3, -0.25) is 4.98 Å². The molecule has 0 radical (unpaired) electrons. The molecule has 1 aromatic heterocycles. The lowest BCUT2D eigenvalue weighted by Gasteiger charge is -2.47. The summed E-state index contributed by atoms with van der Waals surface area (Å²) < 4.78 is 32.1. The Bertz CT molecular complexity index is 1170. The maximum Gasteiger partial charge on any atom is 0.511 e. The lowest BCUT2D eigenvalue weighted by Crippen LogP contribution is -2.61. The quantitative estimate of drug-likeness (QED) is 0.370. The van der Waals surface area contributed by atoms with E-state index in [-0.39, 0.29) is 27.5 Å². The van der Waals surface area contributed by atoms with Gasteiger partial charge in [-0.1, -0.05) is 6.07 Å². The number of benzene rings is 1.